The summed E-state index contributed by atoms with van der Waals surface area (Å²) in [6.45, 7) is 0. The molecular formula is C10H18N4O. The summed E-state index contributed by atoms with van der Waals surface area (Å²) in [6.07, 6.45) is 6.66. The number of ether oxygens (including phenoxy) is 1. The molecule has 0 aromatic heterocycles. The average molecular weight is 210 g/mol. The van der Waals surface area contributed by atoms with Crippen LogP contribution in [-0.4, -0.2) is 30.3 Å². The van der Waals surface area contributed by atoms with Gasteiger partial charge in [0.1, 0.15) is 0 Å². The van der Waals surface area contributed by atoms with Crippen molar-refractivity contribution < 1.29 is 4.74 Å². The summed E-state index contributed by atoms with van der Waals surface area (Å²) in [4.78, 5) is 4.60. The molecule has 15 heavy (non-hydrogen) atoms. The zero-order chi connectivity index (χ0) is 10.3. The molecule has 5 nitrogen and oxygen atoms in total. The lowest BCUT2D eigenvalue weighted by Crippen LogP contribution is -2.44. The van der Waals surface area contributed by atoms with Gasteiger partial charge in [0.25, 0.3) is 0 Å². The van der Waals surface area contributed by atoms with Gasteiger partial charge in [0.2, 0.25) is 5.96 Å². The molecule has 2 bridgehead atoms. The lowest BCUT2D eigenvalue weighted by atomic mass is 9.96. The first-order valence-corrected chi connectivity index (χ1v) is 5.81. The molecule has 3 aliphatic rings. The summed E-state index contributed by atoms with van der Waals surface area (Å²) >= 11 is 0. The van der Waals surface area contributed by atoms with Crippen molar-refractivity contribution in [1.29, 1.82) is 0 Å². The molecule has 5 heteroatoms. The zero-order valence-electron chi connectivity index (χ0n) is 8.78. The maximum absolute atomic E-state index is 5.75. The molecule has 2 aliphatic heterocycles. The molecule has 0 spiro atoms. The van der Waals surface area contributed by atoms with Crippen LogP contribution in [0.5, 0.6) is 0 Å². The van der Waals surface area contributed by atoms with Gasteiger partial charge in [-0.15, -0.1) is 0 Å². The van der Waals surface area contributed by atoms with E-state index in [-0.39, 0.29) is 0 Å². The predicted octanol–water partition coefficient (Wildman–Crippen LogP) is -0.122. The fourth-order valence-corrected chi connectivity index (χ4v) is 2.45. The molecule has 1 saturated carbocycles. The highest BCUT2D eigenvalue weighted by atomic mass is 16.5. The van der Waals surface area contributed by atoms with Crippen LogP contribution in [0.25, 0.3) is 0 Å². The van der Waals surface area contributed by atoms with Gasteiger partial charge in [-0.2, -0.15) is 0 Å². The van der Waals surface area contributed by atoms with E-state index in [2.05, 4.69) is 15.7 Å². The summed E-state index contributed by atoms with van der Waals surface area (Å²) < 4.78 is 5.75. The monoisotopic (exact) mass is 210 g/mol. The maximum atomic E-state index is 5.75. The van der Waals surface area contributed by atoms with E-state index in [1.165, 1.54) is 19.3 Å². The Bertz CT molecular complexity index is 277. The summed E-state index contributed by atoms with van der Waals surface area (Å²) in [5.74, 6) is 6.18. The third-order valence-electron chi connectivity index (χ3n) is 3.42. The molecule has 3 fully saturated rings. The van der Waals surface area contributed by atoms with Crippen LogP contribution < -0.4 is 16.6 Å². The number of fused-ring (bicyclic) bond motifs is 2. The molecule has 4 N–H and O–H groups in total. The second-order valence-electron chi connectivity index (χ2n) is 4.72. The minimum atomic E-state index is 0.307. The van der Waals surface area contributed by atoms with Gasteiger partial charge in [0, 0.05) is 6.04 Å². The molecule has 3 rings (SSSR count). The van der Waals surface area contributed by atoms with Crippen molar-refractivity contribution in [3.05, 3.63) is 0 Å². The van der Waals surface area contributed by atoms with Gasteiger partial charge in [-0.3, -0.25) is 5.43 Å². The number of aliphatic imine (C=N–C) groups is 1. The number of hydrogen-bond donors (Lipinski definition) is 3. The lowest BCUT2D eigenvalue weighted by molar-refractivity contribution is 0.101. The van der Waals surface area contributed by atoms with Crippen LogP contribution >= 0.6 is 0 Å². The van der Waals surface area contributed by atoms with Crippen molar-refractivity contribution in [2.45, 2.75) is 56.4 Å². The number of nitrogens with zero attached hydrogens (tertiary/aromatic N) is 1. The van der Waals surface area contributed by atoms with Crippen molar-refractivity contribution in [2.75, 3.05) is 0 Å². The van der Waals surface area contributed by atoms with E-state index in [1.807, 2.05) is 0 Å². The Kier molecular flexibility index (Phi) is 2.29. The first-order chi connectivity index (χ1) is 7.35. The van der Waals surface area contributed by atoms with Gasteiger partial charge in [-0.25, -0.2) is 10.8 Å². The minimum absolute atomic E-state index is 0.307. The summed E-state index contributed by atoms with van der Waals surface area (Å²) in [5, 5.41) is 3.29. The Morgan fingerprint density at radius 2 is 2.13 bits per heavy atom. The molecule has 2 heterocycles. The molecular weight excluding hydrogens is 192 g/mol. The first-order valence-electron chi connectivity index (χ1n) is 5.81. The SMILES string of the molecule is NNC(=NC1CC2CCC1O2)NC1CC1. The van der Waals surface area contributed by atoms with Gasteiger partial charge in [-0.1, -0.05) is 0 Å². The van der Waals surface area contributed by atoms with Gasteiger partial charge in [-0.05, 0) is 32.1 Å². The standard InChI is InChI=1S/C10H18N4O/c11-14-10(12-6-1-2-6)13-8-5-7-3-4-9(8)15-7/h6-9H,1-5,11H2,(H2,12,13,14). The number of hydrazine groups is 1. The smallest absolute Gasteiger partial charge is 0.206 e. The Morgan fingerprint density at radius 1 is 1.27 bits per heavy atom. The molecule has 3 unspecified atom stereocenters. The number of guanidine groups is 1. The molecule has 1 aliphatic carbocycles. The fraction of sp³-hybridized carbons (Fsp3) is 0.900. The normalized spacial score (nSPS) is 39.5. The third-order valence-corrected chi connectivity index (χ3v) is 3.42. The molecule has 84 valence electrons. The second kappa shape index (κ2) is 3.64. The number of hydrogen-bond acceptors (Lipinski definition) is 3. The van der Waals surface area contributed by atoms with Crippen LogP contribution in [-0.2, 0) is 4.74 Å². The van der Waals surface area contributed by atoms with E-state index >= 15 is 0 Å². The Balaban J connectivity index is 1.62. The van der Waals surface area contributed by atoms with Crippen LogP contribution in [0, 0.1) is 0 Å². The summed E-state index contributed by atoms with van der Waals surface area (Å²) in [5.41, 5.74) is 2.64. The van der Waals surface area contributed by atoms with Gasteiger partial charge in [0.15, 0.2) is 0 Å². The van der Waals surface area contributed by atoms with Crippen LogP contribution in [0.15, 0.2) is 4.99 Å². The Hall–Kier alpha value is -0.810. The average Bonchev–Trinajstić information content (AvgIpc) is 2.82. The first kappa shape index (κ1) is 9.42. The molecule has 2 saturated heterocycles. The van der Waals surface area contributed by atoms with Crippen LogP contribution in [0.2, 0.25) is 0 Å². The van der Waals surface area contributed by atoms with Crippen molar-refractivity contribution in [1.82, 2.24) is 10.7 Å². The van der Waals surface area contributed by atoms with Crippen molar-refractivity contribution in [3.63, 3.8) is 0 Å². The highest BCUT2D eigenvalue weighted by molar-refractivity contribution is 5.80. The van der Waals surface area contributed by atoms with E-state index in [0.29, 0.717) is 24.3 Å². The Labute approximate surface area is 89.4 Å². The fourth-order valence-electron chi connectivity index (χ4n) is 2.45. The van der Waals surface area contributed by atoms with E-state index in [9.17, 15) is 0 Å². The van der Waals surface area contributed by atoms with Crippen molar-refractivity contribution >= 4 is 5.96 Å². The third kappa shape index (κ3) is 1.94. The molecule has 0 aromatic rings. The molecule has 0 amide bonds. The van der Waals surface area contributed by atoms with Gasteiger partial charge < -0.3 is 10.1 Å². The maximum Gasteiger partial charge on any atom is 0.206 e. The summed E-state index contributed by atoms with van der Waals surface area (Å²) in [7, 11) is 0. The van der Waals surface area contributed by atoms with Gasteiger partial charge in [0.05, 0.1) is 18.2 Å². The Morgan fingerprint density at radius 3 is 2.67 bits per heavy atom. The van der Waals surface area contributed by atoms with Crippen molar-refractivity contribution in [2.24, 2.45) is 10.8 Å². The number of nitrogens with two attached hydrogens (primary N) is 1. The van der Waals surface area contributed by atoms with E-state index < -0.39 is 0 Å². The zero-order valence-corrected chi connectivity index (χ0v) is 8.78. The van der Waals surface area contributed by atoms with E-state index in [0.717, 1.165) is 18.8 Å². The minimum Gasteiger partial charge on any atom is -0.373 e. The van der Waals surface area contributed by atoms with Crippen molar-refractivity contribution in [3.8, 4) is 0 Å². The van der Waals surface area contributed by atoms with Crippen LogP contribution in [0.4, 0.5) is 0 Å². The number of nitrogens with one attached hydrogen (secondary N) is 2. The lowest BCUT2D eigenvalue weighted by Gasteiger charge is -2.16. The molecule has 0 aromatic carbocycles. The molecule has 3 atom stereocenters. The van der Waals surface area contributed by atoms with E-state index in [4.69, 9.17) is 10.6 Å². The highest BCUT2D eigenvalue weighted by Gasteiger charge is 2.41. The predicted molar refractivity (Wildman–Crippen MR) is 57.2 cm³/mol. The van der Waals surface area contributed by atoms with Gasteiger partial charge >= 0.3 is 0 Å². The number of rotatable bonds is 2. The quantitative estimate of drug-likeness (QED) is 0.257. The summed E-state index contributed by atoms with van der Waals surface area (Å²) in [6, 6.07) is 0.889. The van der Waals surface area contributed by atoms with E-state index in [1.54, 1.807) is 0 Å². The largest absolute Gasteiger partial charge is 0.373 e. The van der Waals surface area contributed by atoms with Crippen LogP contribution in [0.3, 0.4) is 0 Å². The topological polar surface area (TPSA) is 71.7 Å². The second-order valence-corrected chi connectivity index (χ2v) is 4.72. The molecule has 0 radical (unpaired) electrons. The highest BCUT2D eigenvalue weighted by Crippen LogP contribution is 2.36. The van der Waals surface area contributed by atoms with Crippen LogP contribution in [0.1, 0.15) is 32.1 Å².